The monoisotopic (exact) mass is 383 g/mol. The molecule has 2 aromatic carbocycles. The van der Waals surface area contributed by atoms with Gasteiger partial charge in [-0.25, -0.2) is 4.79 Å². The standard InChI is InChI=1S/C22H25NO5/c1-4-21(25)23-17-11-9-16(10-12-17)19(24)13-28-22(26)14-27-20-8-6-5-7-18(20)15(2)3/h5-12,15H,4,13-14H2,1-3H3,(H,23,25). The number of para-hydroxylation sites is 1. The van der Waals surface area contributed by atoms with Crippen molar-refractivity contribution in [2.24, 2.45) is 0 Å². The van der Waals surface area contributed by atoms with Gasteiger partial charge >= 0.3 is 5.97 Å². The Bertz CT molecular complexity index is 827. The van der Waals surface area contributed by atoms with Gasteiger partial charge in [0.25, 0.3) is 0 Å². The lowest BCUT2D eigenvalue weighted by atomic mass is 10.0. The molecule has 0 atom stereocenters. The normalized spacial score (nSPS) is 10.4. The van der Waals surface area contributed by atoms with E-state index in [2.05, 4.69) is 5.32 Å². The van der Waals surface area contributed by atoms with Crippen LogP contribution in [0.5, 0.6) is 5.75 Å². The first-order chi connectivity index (χ1) is 13.4. The summed E-state index contributed by atoms with van der Waals surface area (Å²) < 4.78 is 10.5. The maximum Gasteiger partial charge on any atom is 0.344 e. The Balaban J connectivity index is 1.82. The Hall–Kier alpha value is -3.15. The van der Waals surface area contributed by atoms with Crippen LogP contribution in [-0.2, 0) is 14.3 Å². The molecule has 1 N–H and O–H groups in total. The van der Waals surface area contributed by atoms with E-state index in [1.807, 2.05) is 32.0 Å². The van der Waals surface area contributed by atoms with Gasteiger partial charge in [0.05, 0.1) is 0 Å². The second-order valence-corrected chi connectivity index (χ2v) is 6.54. The van der Waals surface area contributed by atoms with Crippen molar-refractivity contribution >= 4 is 23.3 Å². The fraction of sp³-hybridized carbons (Fsp3) is 0.318. The van der Waals surface area contributed by atoms with Crippen molar-refractivity contribution in [3.05, 3.63) is 59.7 Å². The number of benzene rings is 2. The summed E-state index contributed by atoms with van der Waals surface area (Å²) in [5.74, 6) is -0.153. The molecule has 0 saturated heterocycles. The summed E-state index contributed by atoms with van der Waals surface area (Å²) in [6, 6.07) is 13.9. The minimum Gasteiger partial charge on any atom is -0.482 e. The molecule has 6 nitrogen and oxygen atoms in total. The van der Waals surface area contributed by atoms with E-state index in [0.717, 1.165) is 5.56 Å². The van der Waals surface area contributed by atoms with Crippen LogP contribution in [0.3, 0.4) is 0 Å². The summed E-state index contributed by atoms with van der Waals surface area (Å²) in [5.41, 5.74) is 2.01. The highest BCUT2D eigenvalue weighted by molar-refractivity contribution is 5.98. The van der Waals surface area contributed by atoms with Crippen molar-refractivity contribution in [2.75, 3.05) is 18.5 Å². The van der Waals surface area contributed by atoms with Crippen molar-refractivity contribution in [3.63, 3.8) is 0 Å². The number of carbonyl (C=O) groups is 3. The average Bonchev–Trinajstić information content (AvgIpc) is 2.71. The number of ether oxygens (including phenoxy) is 2. The second-order valence-electron chi connectivity index (χ2n) is 6.54. The van der Waals surface area contributed by atoms with Gasteiger partial charge in [-0.3, -0.25) is 9.59 Å². The fourth-order valence-corrected chi connectivity index (χ4v) is 2.49. The molecule has 2 aromatic rings. The van der Waals surface area contributed by atoms with Gasteiger partial charge in [0.2, 0.25) is 5.91 Å². The summed E-state index contributed by atoms with van der Waals surface area (Å²) in [4.78, 5) is 35.4. The highest BCUT2D eigenvalue weighted by Gasteiger charge is 2.13. The van der Waals surface area contributed by atoms with Crippen LogP contribution in [0, 0.1) is 0 Å². The summed E-state index contributed by atoms with van der Waals surface area (Å²) in [6.45, 7) is 5.21. The van der Waals surface area contributed by atoms with Crippen LogP contribution in [0.1, 0.15) is 49.0 Å². The molecule has 2 rings (SSSR count). The summed E-state index contributed by atoms with van der Waals surface area (Å²) in [6.07, 6.45) is 0.375. The number of rotatable bonds is 9. The van der Waals surface area contributed by atoms with Gasteiger partial charge in [-0.2, -0.15) is 0 Å². The molecule has 1 amide bonds. The topological polar surface area (TPSA) is 81.7 Å². The lowest BCUT2D eigenvalue weighted by Gasteiger charge is -2.13. The first kappa shape index (κ1) is 21.2. The van der Waals surface area contributed by atoms with E-state index in [9.17, 15) is 14.4 Å². The molecule has 28 heavy (non-hydrogen) atoms. The summed E-state index contributed by atoms with van der Waals surface area (Å²) >= 11 is 0. The SMILES string of the molecule is CCC(=O)Nc1ccc(C(=O)COC(=O)COc2ccccc2C(C)C)cc1. The minimum atomic E-state index is -0.612. The van der Waals surface area contributed by atoms with Gasteiger partial charge in [-0.05, 0) is 41.8 Å². The number of hydrogen-bond acceptors (Lipinski definition) is 5. The van der Waals surface area contributed by atoms with Gasteiger partial charge in [0.1, 0.15) is 5.75 Å². The van der Waals surface area contributed by atoms with Crippen LogP contribution in [-0.4, -0.2) is 30.9 Å². The van der Waals surface area contributed by atoms with Crippen molar-refractivity contribution in [3.8, 4) is 5.75 Å². The van der Waals surface area contributed by atoms with Crippen molar-refractivity contribution in [1.29, 1.82) is 0 Å². The van der Waals surface area contributed by atoms with Crippen LogP contribution in [0.2, 0.25) is 0 Å². The maximum absolute atomic E-state index is 12.2. The van der Waals surface area contributed by atoms with E-state index in [-0.39, 0.29) is 30.8 Å². The Morgan fingerprint density at radius 1 is 0.964 bits per heavy atom. The molecule has 6 heteroatoms. The van der Waals surface area contributed by atoms with E-state index in [1.54, 1.807) is 37.3 Å². The largest absolute Gasteiger partial charge is 0.482 e. The molecule has 0 aromatic heterocycles. The molecule has 0 radical (unpaired) electrons. The van der Waals surface area contributed by atoms with E-state index >= 15 is 0 Å². The van der Waals surface area contributed by atoms with Crippen molar-refractivity contribution < 1.29 is 23.9 Å². The molecular weight excluding hydrogens is 358 g/mol. The van der Waals surface area contributed by atoms with Gasteiger partial charge < -0.3 is 14.8 Å². The molecule has 0 aliphatic heterocycles. The molecule has 0 aliphatic rings. The van der Waals surface area contributed by atoms with Crippen LogP contribution in [0.15, 0.2) is 48.5 Å². The number of anilines is 1. The lowest BCUT2D eigenvalue weighted by Crippen LogP contribution is -2.20. The summed E-state index contributed by atoms with van der Waals surface area (Å²) in [5, 5.41) is 2.70. The molecule has 0 aliphatic carbocycles. The predicted octanol–water partition coefficient (Wildman–Crippen LogP) is 3.96. The molecule has 0 bridgehead atoms. The van der Waals surface area contributed by atoms with E-state index < -0.39 is 5.97 Å². The van der Waals surface area contributed by atoms with E-state index in [1.165, 1.54) is 0 Å². The smallest absolute Gasteiger partial charge is 0.344 e. The minimum absolute atomic E-state index is 0.105. The lowest BCUT2D eigenvalue weighted by molar-refractivity contribution is -0.144. The number of ketones is 1. The Morgan fingerprint density at radius 3 is 2.29 bits per heavy atom. The third-order valence-corrected chi connectivity index (χ3v) is 4.06. The third-order valence-electron chi connectivity index (χ3n) is 4.06. The highest BCUT2D eigenvalue weighted by atomic mass is 16.6. The van der Waals surface area contributed by atoms with Crippen LogP contribution in [0.25, 0.3) is 0 Å². The number of carbonyl (C=O) groups excluding carboxylic acids is 3. The van der Waals surface area contributed by atoms with Gasteiger partial charge in [-0.15, -0.1) is 0 Å². The predicted molar refractivity (Wildman–Crippen MR) is 107 cm³/mol. The number of esters is 1. The van der Waals surface area contributed by atoms with Crippen LogP contribution < -0.4 is 10.1 Å². The zero-order chi connectivity index (χ0) is 20.5. The number of amides is 1. The zero-order valence-corrected chi connectivity index (χ0v) is 16.4. The van der Waals surface area contributed by atoms with E-state index in [4.69, 9.17) is 9.47 Å². The molecule has 0 saturated carbocycles. The van der Waals surface area contributed by atoms with Crippen molar-refractivity contribution in [1.82, 2.24) is 0 Å². The highest BCUT2D eigenvalue weighted by Crippen LogP contribution is 2.25. The molecule has 0 unspecified atom stereocenters. The number of Topliss-reactive ketones (excluding diaryl/α,β-unsaturated/α-hetero) is 1. The first-order valence-corrected chi connectivity index (χ1v) is 9.21. The zero-order valence-electron chi connectivity index (χ0n) is 16.4. The average molecular weight is 383 g/mol. The molecule has 148 valence electrons. The summed E-state index contributed by atoms with van der Waals surface area (Å²) in [7, 11) is 0. The van der Waals surface area contributed by atoms with Gasteiger partial charge in [0.15, 0.2) is 19.0 Å². The fourth-order valence-electron chi connectivity index (χ4n) is 2.49. The van der Waals surface area contributed by atoms with E-state index in [0.29, 0.717) is 23.4 Å². The van der Waals surface area contributed by atoms with Crippen LogP contribution >= 0.6 is 0 Å². The third kappa shape index (κ3) is 6.23. The molecule has 0 spiro atoms. The number of nitrogens with one attached hydrogen (secondary N) is 1. The number of hydrogen-bond donors (Lipinski definition) is 1. The molecule has 0 heterocycles. The Labute approximate surface area is 164 Å². The van der Waals surface area contributed by atoms with Crippen molar-refractivity contribution in [2.45, 2.75) is 33.1 Å². The Morgan fingerprint density at radius 2 is 1.64 bits per heavy atom. The second kappa shape index (κ2) is 10.3. The quantitative estimate of drug-likeness (QED) is 0.523. The maximum atomic E-state index is 12.2. The molecular formula is C22H25NO5. The first-order valence-electron chi connectivity index (χ1n) is 9.21. The van der Waals surface area contributed by atoms with Crippen LogP contribution in [0.4, 0.5) is 5.69 Å². The van der Waals surface area contributed by atoms with Gasteiger partial charge in [0, 0.05) is 17.7 Å². The van der Waals surface area contributed by atoms with Gasteiger partial charge in [-0.1, -0.05) is 39.0 Å². The Kier molecular flexibility index (Phi) is 7.75. The molecule has 0 fully saturated rings.